The Morgan fingerprint density at radius 3 is 0.957 bits per heavy atom. The van der Waals surface area contributed by atoms with Crippen LogP contribution in [0.25, 0.3) is 89.2 Å². The molecule has 19 rings (SSSR count). The molecular weight excluding hydrogens is 1760 g/mol. The van der Waals surface area contributed by atoms with E-state index in [0.29, 0.717) is 82.9 Å². The molecule has 8 aromatic carbocycles. The van der Waals surface area contributed by atoms with E-state index in [0.717, 1.165) is 135 Å². The standard InChI is InChI=1S/C28H23FN6O2.C27H26N6O3.C25H23N7O2.C24H23N5O3/c1-34-18-19(16-32-34)28-17-31-26-9-8-20(14-27(26)33-28)35(11-5-7-25-24(29)6-4-10-30-25)21-12-22(36-2)15-23(13-21)37-3;1-32-16-18(14-29-32)26-15-28-24-9-8-20(12-25(24)31-26)33(17-19-6-5-7-27(30-19)36-4)21-10-22(34-2)13-23(11-21)35-3;1-31-15-17(13-29-31)24-14-28-22-6-5-18(11-23(22)30-24)32(16-25-26-7-4-8-27-25)19-9-20(33-2)12-21(10-19)34-3;1-28-16-17(14-26-28)24-15-25-22-7-6-18(12-23(22)27-24)29(8-4-5-9-30)19-10-20(31-2)13-21(11-19)32-3/h4,6,8-10,12-18H,11H2,1-3H3;5-16H,17H2,1-4H3;4-15H,16H2,1-3H3;6-7,10-16,30H,8-9H2,1-3H3. The van der Waals surface area contributed by atoms with E-state index in [1.807, 2.05) is 221 Å². The molecule has 0 saturated heterocycles. The van der Waals surface area contributed by atoms with E-state index < -0.39 is 5.82 Å². The Labute approximate surface area is 799 Å². The van der Waals surface area contributed by atoms with Gasteiger partial charge in [0.1, 0.15) is 64.1 Å². The fourth-order valence-corrected chi connectivity index (χ4v) is 14.8. The number of rotatable bonds is 27. The molecule has 0 saturated carbocycles. The molecule has 0 spiro atoms. The van der Waals surface area contributed by atoms with Crippen LogP contribution >= 0.6 is 0 Å². The molecule has 139 heavy (non-hydrogen) atoms. The number of fused-ring (bicyclic) bond motifs is 4. The first-order valence-corrected chi connectivity index (χ1v) is 43.3. The van der Waals surface area contributed by atoms with E-state index in [1.54, 1.807) is 157 Å². The Hall–Kier alpha value is -18.2. The normalized spacial score (nSPS) is 10.7. The molecule has 0 bridgehead atoms. The summed E-state index contributed by atoms with van der Waals surface area (Å²) in [7, 11) is 22.0. The summed E-state index contributed by atoms with van der Waals surface area (Å²) in [6.45, 7) is 1.33. The van der Waals surface area contributed by atoms with Crippen molar-refractivity contribution in [1.29, 1.82) is 0 Å². The van der Waals surface area contributed by atoms with Gasteiger partial charge in [-0.1, -0.05) is 23.8 Å². The number of ether oxygens (including phenoxy) is 9. The third-order valence-corrected chi connectivity index (χ3v) is 21.8. The molecule has 0 unspecified atom stereocenters. The Balaban J connectivity index is 0.000000134. The van der Waals surface area contributed by atoms with Gasteiger partial charge in [0.2, 0.25) is 5.88 Å². The molecule has 0 aliphatic rings. The number of methoxy groups -OCH3 is 9. The SMILES string of the molecule is COc1cc(OC)cc(N(CC#CCO)c2ccc3ncc(-c4cnn(C)c4)nc3c2)c1.COc1cc(OC)cc(N(CC#Cc2ncccc2F)c2ccc3ncc(-c4cnn(C)c4)nc3c2)c1.COc1cc(OC)cc(N(Cc2cccc(OC)n2)c2ccc3ncc(-c4cnn(C)c4)nc3c2)c1.COc1cc(OC)cc(N(Cc2ncccn2)c2ccc3ncc(-c4cnn(C)c4)nc3c2)c1. The van der Waals surface area contributed by atoms with Crippen molar-refractivity contribution in [1.82, 2.24) is 98.9 Å². The first kappa shape index (κ1) is 94.0. The number of anilines is 8. The minimum Gasteiger partial charge on any atom is -0.497 e. The van der Waals surface area contributed by atoms with Crippen molar-refractivity contribution in [3.05, 3.63) is 298 Å². The van der Waals surface area contributed by atoms with Crippen molar-refractivity contribution in [2.24, 2.45) is 28.2 Å². The summed E-state index contributed by atoms with van der Waals surface area (Å²) in [5, 5.41) is 26.0. The van der Waals surface area contributed by atoms with E-state index in [4.69, 9.17) is 67.7 Å². The number of hydrogen-bond acceptors (Lipinski definition) is 30. The molecule has 19 aromatic rings. The summed E-state index contributed by atoms with van der Waals surface area (Å²) in [6, 6.07) is 56.7. The third kappa shape index (κ3) is 23.2. The molecule has 35 heteroatoms. The zero-order valence-electron chi connectivity index (χ0n) is 78.2. The van der Waals surface area contributed by atoms with Crippen LogP contribution in [0.3, 0.4) is 0 Å². The molecule has 0 aliphatic carbocycles. The van der Waals surface area contributed by atoms with E-state index in [2.05, 4.69) is 93.7 Å². The largest absolute Gasteiger partial charge is 0.497 e. The molecule has 0 atom stereocenters. The van der Waals surface area contributed by atoms with Gasteiger partial charge in [-0.25, -0.2) is 44.3 Å². The Morgan fingerprint density at radius 1 is 0.302 bits per heavy atom. The number of aryl methyl sites for hydroxylation is 4. The van der Waals surface area contributed by atoms with Crippen molar-refractivity contribution in [3.63, 3.8) is 0 Å². The van der Waals surface area contributed by atoms with Crippen LogP contribution in [0.4, 0.5) is 49.9 Å². The second-order valence-corrected chi connectivity index (χ2v) is 30.9. The van der Waals surface area contributed by atoms with Crippen molar-refractivity contribution < 1.29 is 52.1 Å². The van der Waals surface area contributed by atoms with Crippen LogP contribution in [0, 0.1) is 29.5 Å². The van der Waals surface area contributed by atoms with Gasteiger partial charge in [-0.05, 0) is 103 Å². The molecule has 0 aliphatic heterocycles. The van der Waals surface area contributed by atoms with Crippen LogP contribution in [0.5, 0.6) is 51.9 Å². The fraction of sp³-hybridized carbons (Fsp3) is 0.173. The average molecular weight is 1860 g/mol. The van der Waals surface area contributed by atoms with Gasteiger partial charge in [-0.3, -0.25) is 38.7 Å². The highest BCUT2D eigenvalue weighted by Gasteiger charge is 2.23. The highest BCUT2D eigenvalue weighted by molar-refractivity contribution is 5.87. The van der Waals surface area contributed by atoms with Gasteiger partial charge in [0.15, 0.2) is 5.82 Å². The van der Waals surface area contributed by atoms with Gasteiger partial charge in [-0.2, -0.15) is 20.4 Å². The Morgan fingerprint density at radius 2 is 0.633 bits per heavy atom. The third-order valence-electron chi connectivity index (χ3n) is 21.8. The summed E-state index contributed by atoms with van der Waals surface area (Å²) in [5.41, 5.74) is 20.5. The minimum absolute atomic E-state index is 0.0937. The maximum atomic E-state index is 14.1. The molecular formula is C104H95FN24O10. The number of aliphatic hydroxyl groups is 1. The van der Waals surface area contributed by atoms with Crippen molar-refractivity contribution in [2.45, 2.75) is 13.1 Å². The lowest BCUT2D eigenvalue weighted by Gasteiger charge is -2.26. The predicted molar refractivity (Wildman–Crippen MR) is 530 cm³/mol. The molecule has 698 valence electrons. The summed E-state index contributed by atoms with van der Waals surface area (Å²) in [5.74, 6) is 17.7. The summed E-state index contributed by atoms with van der Waals surface area (Å²) < 4.78 is 70.3. The number of benzene rings is 8. The van der Waals surface area contributed by atoms with Crippen LogP contribution < -0.4 is 62.2 Å². The lowest BCUT2D eigenvalue weighted by molar-refractivity contribution is 0.350. The number of halogens is 1. The fourth-order valence-electron chi connectivity index (χ4n) is 14.8. The Bertz CT molecular complexity index is 7600. The van der Waals surface area contributed by atoms with Crippen LogP contribution in [0.15, 0.2) is 275 Å². The predicted octanol–water partition coefficient (Wildman–Crippen LogP) is 16.9. The summed E-state index contributed by atoms with van der Waals surface area (Å²) >= 11 is 0. The molecule has 11 aromatic heterocycles. The maximum Gasteiger partial charge on any atom is 0.213 e. The summed E-state index contributed by atoms with van der Waals surface area (Å²) in [6.07, 6.45) is 26.7. The molecule has 0 radical (unpaired) electrons. The zero-order valence-corrected chi connectivity index (χ0v) is 78.2. The quantitative estimate of drug-likeness (QED) is 0.0467. The first-order chi connectivity index (χ1) is 67.8. The van der Waals surface area contributed by atoms with Gasteiger partial charge >= 0.3 is 0 Å². The summed E-state index contributed by atoms with van der Waals surface area (Å²) in [4.78, 5) is 63.3. The molecule has 0 fully saturated rings. The van der Waals surface area contributed by atoms with E-state index in [1.165, 1.54) is 18.3 Å². The zero-order chi connectivity index (χ0) is 96.8. The average Bonchev–Trinajstić information content (AvgIpc) is 1.56. The second kappa shape index (κ2) is 44.1. The number of aromatic nitrogens is 20. The van der Waals surface area contributed by atoms with Crippen LogP contribution in [-0.2, 0) is 41.3 Å². The number of aliphatic hydroxyl groups excluding tert-OH is 1. The van der Waals surface area contributed by atoms with Crippen LogP contribution in [-0.4, -0.2) is 188 Å². The minimum atomic E-state index is -0.464. The molecule has 0 amide bonds. The van der Waals surface area contributed by atoms with E-state index in [-0.39, 0.29) is 18.8 Å². The first-order valence-electron chi connectivity index (χ1n) is 43.3. The van der Waals surface area contributed by atoms with E-state index >= 15 is 0 Å². The monoisotopic (exact) mass is 1860 g/mol. The van der Waals surface area contributed by atoms with Gasteiger partial charge < -0.3 is 67.3 Å². The molecule has 11 heterocycles. The van der Waals surface area contributed by atoms with Crippen LogP contribution in [0.1, 0.15) is 17.2 Å². The van der Waals surface area contributed by atoms with Gasteiger partial charge in [0.05, 0.1) is 212 Å². The number of hydrogen-bond donors (Lipinski definition) is 1. The van der Waals surface area contributed by atoms with Crippen molar-refractivity contribution >= 4 is 89.6 Å². The van der Waals surface area contributed by atoms with Gasteiger partial charge in [0.25, 0.3) is 0 Å². The second-order valence-electron chi connectivity index (χ2n) is 30.9. The smallest absolute Gasteiger partial charge is 0.213 e. The molecule has 34 nitrogen and oxygen atoms in total. The lowest BCUT2D eigenvalue weighted by Crippen LogP contribution is -2.18. The van der Waals surface area contributed by atoms with Crippen molar-refractivity contribution in [2.75, 3.05) is 103 Å². The van der Waals surface area contributed by atoms with Crippen molar-refractivity contribution in [3.8, 4) is 121 Å². The Kier molecular flexibility index (Phi) is 29.8. The highest BCUT2D eigenvalue weighted by atomic mass is 19.1. The topological polar surface area (TPSA) is 342 Å². The van der Waals surface area contributed by atoms with E-state index in [9.17, 15) is 4.39 Å². The van der Waals surface area contributed by atoms with Gasteiger partial charge in [-0.15, -0.1) is 0 Å². The van der Waals surface area contributed by atoms with Gasteiger partial charge in [0, 0.05) is 218 Å². The number of nitrogens with zero attached hydrogens (tertiary/aromatic N) is 24. The maximum absolute atomic E-state index is 14.1. The van der Waals surface area contributed by atoms with Crippen LogP contribution in [0.2, 0.25) is 0 Å². The number of pyridine rings is 2. The lowest BCUT2D eigenvalue weighted by atomic mass is 10.1. The highest BCUT2D eigenvalue weighted by Crippen LogP contribution is 2.41. The molecule has 1 N–H and O–H groups in total.